The Kier molecular flexibility index (Phi) is 6.57. The van der Waals surface area contributed by atoms with Crippen LogP contribution in [0, 0.1) is 0 Å². The van der Waals surface area contributed by atoms with Gasteiger partial charge >= 0.3 is 6.18 Å². The number of carbonyl (C=O) groups excluding carboxylic acids is 1. The molecule has 7 heteroatoms. The minimum atomic E-state index is -4.66. The van der Waals surface area contributed by atoms with Crippen molar-refractivity contribution in [3.8, 4) is 11.1 Å². The summed E-state index contributed by atoms with van der Waals surface area (Å²) in [7, 11) is 0. The Morgan fingerprint density at radius 2 is 1.72 bits per heavy atom. The van der Waals surface area contributed by atoms with E-state index in [1.165, 1.54) is 6.07 Å². The maximum Gasteiger partial charge on any atom is 0.417 e. The zero-order valence-corrected chi connectivity index (χ0v) is 19.4. The van der Waals surface area contributed by atoms with Crippen LogP contribution in [0.1, 0.15) is 32.7 Å². The third kappa shape index (κ3) is 5.16. The molecule has 0 unspecified atom stereocenters. The Morgan fingerprint density at radius 3 is 2.47 bits per heavy atom. The molecule has 2 heterocycles. The van der Waals surface area contributed by atoms with Gasteiger partial charge in [-0.25, -0.2) is 0 Å². The van der Waals surface area contributed by atoms with E-state index in [1.807, 2.05) is 30.3 Å². The number of nitrogens with zero attached hydrogens (tertiary/aromatic N) is 2. The van der Waals surface area contributed by atoms with Crippen molar-refractivity contribution in [2.45, 2.75) is 25.7 Å². The predicted octanol–water partition coefficient (Wildman–Crippen LogP) is 6.58. The number of pyridine rings is 1. The first-order valence-electron chi connectivity index (χ1n) is 11.7. The fourth-order valence-corrected chi connectivity index (χ4v) is 4.63. The lowest BCUT2D eigenvalue weighted by molar-refractivity contribution is -0.137. The van der Waals surface area contributed by atoms with Crippen LogP contribution in [0.4, 0.5) is 18.9 Å². The van der Waals surface area contributed by atoms with E-state index in [4.69, 9.17) is 0 Å². The molecule has 0 spiro atoms. The van der Waals surface area contributed by atoms with Gasteiger partial charge in [0.25, 0.3) is 5.91 Å². The van der Waals surface area contributed by atoms with Crippen LogP contribution >= 0.6 is 0 Å². The van der Waals surface area contributed by atoms with E-state index in [1.54, 1.807) is 48.7 Å². The first kappa shape index (κ1) is 23.8. The molecule has 0 saturated carbocycles. The molecule has 4 aromatic rings. The molecule has 1 aliphatic rings. The average Bonchev–Trinajstić information content (AvgIpc) is 2.89. The number of carbonyl (C=O) groups is 1. The molecule has 0 radical (unpaired) electrons. The van der Waals surface area contributed by atoms with Gasteiger partial charge in [-0.3, -0.25) is 14.7 Å². The highest BCUT2D eigenvalue weighted by atomic mass is 19.4. The summed E-state index contributed by atoms with van der Waals surface area (Å²) in [5.41, 5.74) is 3.15. The number of rotatable bonds is 5. The van der Waals surface area contributed by atoms with Gasteiger partial charge in [0.15, 0.2) is 0 Å². The van der Waals surface area contributed by atoms with Crippen molar-refractivity contribution in [2.75, 3.05) is 11.9 Å². The molecule has 0 aliphatic carbocycles. The van der Waals surface area contributed by atoms with E-state index in [9.17, 15) is 18.0 Å². The highest BCUT2D eigenvalue weighted by Crippen LogP contribution is 2.37. The molecule has 5 rings (SSSR count). The lowest BCUT2D eigenvalue weighted by Gasteiger charge is -2.28. The number of amides is 1. The lowest BCUT2D eigenvalue weighted by atomic mass is 9.94. The van der Waals surface area contributed by atoms with E-state index in [-0.39, 0.29) is 11.1 Å². The number of hydrogen-bond acceptors (Lipinski definition) is 3. The van der Waals surface area contributed by atoms with Crippen LogP contribution in [0.15, 0.2) is 91.1 Å². The molecule has 1 amide bonds. The SMILES string of the molecule is O=C(Nc1ccc2c(c1)CCN(Cc1ccccn1)C2)c1c(-c2ccccc2)cccc1C(F)(F)F. The second kappa shape index (κ2) is 9.95. The van der Waals surface area contributed by atoms with Crippen LogP contribution in [0.3, 0.4) is 0 Å². The third-order valence-corrected chi connectivity index (χ3v) is 6.35. The highest BCUT2D eigenvalue weighted by Gasteiger charge is 2.36. The molecule has 3 aromatic carbocycles. The van der Waals surface area contributed by atoms with Gasteiger partial charge in [0, 0.05) is 31.5 Å². The van der Waals surface area contributed by atoms with Crippen LogP contribution < -0.4 is 5.32 Å². The summed E-state index contributed by atoms with van der Waals surface area (Å²) in [6.45, 7) is 2.32. The molecule has 0 fully saturated rings. The first-order valence-corrected chi connectivity index (χ1v) is 11.7. The van der Waals surface area contributed by atoms with Gasteiger partial charge in [-0.1, -0.05) is 54.6 Å². The van der Waals surface area contributed by atoms with E-state index in [0.29, 0.717) is 11.3 Å². The van der Waals surface area contributed by atoms with Crippen molar-refractivity contribution in [3.05, 3.63) is 119 Å². The normalized spacial score (nSPS) is 13.8. The first-order chi connectivity index (χ1) is 17.4. The molecule has 0 atom stereocenters. The second-order valence-electron chi connectivity index (χ2n) is 8.81. The molecule has 1 aliphatic heterocycles. The fraction of sp³-hybridized carbons (Fsp3) is 0.172. The molecule has 182 valence electrons. The smallest absolute Gasteiger partial charge is 0.322 e. The molecule has 1 N–H and O–H groups in total. The van der Waals surface area contributed by atoms with Crippen LogP contribution in [0.2, 0.25) is 0 Å². The minimum absolute atomic E-state index is 0.242. The fourth-order valence-electron chi connectivity index (χ4n) is 4.63. The molecule has 36 heavy (non-hydrogen) atoms. The molecule has 4 nitrogen and oxygen atoms in total. The number of alkyl halides is 3. The second-order valence-corrected chi connectivity index (χ2v) is 8.81. The Morgan fingerprint density at radius 1 is 0.917 bits per heavy atom. The van der Waals surface area contributed by atoms with E-state index in [2.05, 4.69) is 15.2 Å². The number of halogens is 3. The van der Waals surface area contributed by atoms with Gasteiger partial charge in [-0.2, -0.15) is 13.2 Å². The maximum atomic E-state index is 13.9. The number of hydrogen-bond donors (Lipinski definition) is 1. The van der Waals surface area contributed by atoms with Gasteiger partial charge < -0.3 is 5.32 Å². The Bertz CT molecular complexity index is 1370. The van der Waals surface area contributed by atoms with Crippen LogP contribution in [-0.2, 0) is 25.7 Å². The zero-order chi connectivity index (χ0) is 25.1. The monoisotopic (exact) mass is 487 g/mol. The Labute approximate surface area is 207 Å². The summed E-state index contributed by atoms with van der Waals surface area (Å²) in [6.07, 6.45) is -2.10. The summed E-state index contributed by atoms with van der Waals surface area (Å²) >= 11 is 0. The number of anilines is 1. The van der Waals surface area contributed by atoms with Crippen molar-refractivity contribution in [1.29, 1.82) is 0 Å². The zero-order valence-electron chi connectivity index (χ0n) is 19.4. The van der Waals surface area contributed by atoms with E-state index >= 15 is 0 Å². The quantitative estimate of drug-likeness (QED) is 0.346. The van der Waals surface area contributed by atoms with Gasteiger partial charge in [-0.05, 0) is 59.0 Å². The summed E-state index contributed by atoms with van der Waals surface area (Å²) in [5, 5.41) is 2.72. The number of aromatic nitrogens is 1. The summed E-state index contributed by atoms with van der Waals surface area (Å²) in [6, 6.07) is 23.9. The molecule has 0 saturated heterocycles. The minimum Gasteiger partial charge on any atom is -0.322 e. The standard InChI is InChI=1S/C29H24F3N3O/c30-29(31,32)26-11-6-10-25(20-7-2-1-3-8-20)27(26)28(36)34-23-13-12-22-18-35(16-14-21(22)17-23)19-24-9-4-5-15-33-24/h1-13,15,17H,14,16,18-19H2,(H,34,36). The summed E-state index contributed by atoms with van der Waals surface area (Å²) < 4.78 is 41.6. The van der Waals surface area contributed by atoms with Gasteiger partial charge in [-0.15, -0.1) is 0 Å². The van der Waals surface area contributed by atoms with Gasteiger partial charge in [0.05, 0.1) is 16.8 Å². The molecule has 1 aromatic heterocycles. The third-order valence-electron chi connectivity index (χ3n) is 6.35. The topological polar surface area (TPSA) is 45.2 Å². The number of fused-ring (bicyclic) bond motifs is 1. The molecule has 0 bridgehead atoms. The van der Waals surface area contributed by atoms with Gasteiger partial charge in [0.2, 0.25) is 0 Å². The van der Waals surface area contributed by atoms with Crippen molar-refractivity contribution >= 4 is 11.6 Å². The predicted molar refractivity (Wildman–Crippen MR) is 133 cm³/mol. The lowest BCUT2D eigenvalue weighted by Crippen LogP contribution is -2.30. The maximum absolute atomic E-state index is 13.9. The van der Waals surface area contributed by atoms with Crippen LogP contribution in [-0.4, -0.2) is 22.3 Å². The Balaban J connectivity index is 1.39. The van der Waals surface area contributed by atoms with E-state index < -0.39 is 17.6 Å². The number of nitrogens with one attached hydrogen (secondary N) is 1. The summed E-state index contributed by atoms with van der Waals surface area (Å²) in [4.78, 5) is 20.0. The Hall–Kier alpha value is -3.97. The van der Waals surface area contributed by atoms with Crippen molar-refractivity contribution in [1.82, 2.24) is 9.88 Å². The van der Waals surface area contributed by atoms with E-state index in [0.717, 1.165) is 48.9 Å². The van der Waals surface area contributed by atoms with Crippen molar-refractivity contribution in [3.63, 3.8) is 0 Å². The molecular weight excluding hydrogens is 463 g/mol. The number of benzene rings is 3. The van der Waals surface area contributed by atoms with Crippen LogP contribution in [0.25, 0.3) is 11.1 Å². The van der Waals surface area contributed by atoms with Crippen molar-refractivity contribution < 1.29 is 18.0 Å². The van der Waals surface area contributed by atoms with Crippen molar-refractivity contribution in [2.24, 2.45) is 0 Å². The van der Waals surface area contributed by atoms with Crippen LogP contribution in [0.5, 0.6) is 0 Å². The highest BCUT2D eigenvalue weighted by molar-refractivity contribution is 6.10. The summed E-state index contributed by atoms with van der Waals surface area (Å²) in [5.74, 6) is -0.783. The average molecular weight is 488 g/mol. The molecular formula is C29H24F3N3O. The van der Waals surface area contributed by atoms with Gasteiger partial charge in [0.1, 0.15) is 0 Å². The largest absolute Gasteiger partial charge is 0.417 e.